The molecule has 1 aliphatic rings. The van der Waals surface area contributed by atoms with Gasteiger partial charge < -0.3 is 14.8 Å². The van der Waals surface area contributed by atoms with Gasteiger partial charge in [-0.2, -0.15) is 0 Å². The lowest BCUT2D eigenvalue weighted by Crippen LogP contribution is -2.31. The number of ether oxygens (including phenoxy) is 2. The highest BCUT2D eigenvalue weighted by atomic mass is 16.5. The summed E-state index contributed by atoms with van der Waals surface area (Å²) in [6.45, 7) is 2.86. The number of aryl methyl sites for hydroxylation is 1. The standard InChI is InChI=1S/C21H25NO3/c1-2-24-19-12-5-6-13-20(19)25-15-14-21(23)22-18-11-7-9-16-8-3-4-10-17(16)18/h3-6,8,10,12-13,18H,2,7,9,11,14-15H2,1H3,(H,22,23)/t18-/m1/s1. The van der Waals surface area contributed by atoms with Crippen molar-refractivity contribution in [3.05, 3.63) is 59.7 Å². The van der Waals surface area contributed by atoms with E-state index < -0.39 is 0 Å². The van der Waals surface area contributed by atoms with E-state index in [-0.39, 0.29) is 11.9 Å². The average Bonchev–Trinajstić information content (AvgIpc) is 2.64. The van der Waals surface area contributed by atoms with Crippen LogP contribution >= 0.6 is 0 Å². The first-order chi connectivity index (χ1) is 12.3. The summed E-state index contributed by atoms with van der Waals surface area (Å²) in [4.78, 5) is 12.3. The first-order valence-corrected chi connectivity index (χ1v) is 8.99. The van der Waals surface area contributed by atoms with Crippen molar-refractivity contribution in [2.45, 2.75) is 38.6 Å². The van der Waals surface area contributed by atoms with Crippen LogP contribution < -0.4 is 14.8 Å². The number of rotatable bonds is 7. The predicted octanol–water partition coefficient (Wildman–Crippen LogP) is 4.05. The summed E-state index contributed by atoms with van der Waals surface area (Å²) in [5.41, 5.74) is 2.60. The van der Waals surface area contributed by atoms with Gasteiger partial charge in [0.05, 0.1) is 25.7 Å². The summed E-state index contributed by atoms with van der Waals surface area (Å²) in [6, 6.07) is 16.0. The molecule has 0 saturated heterocycles. The molecule has 2 aromatic carbocycles. The Bertz CT molecular complexity index is 714. The molecule has 0 bridgehead atoms. The number of nitrogens with one attached hydrogen (secondary N) is 1. The van der Waals surface area contributed by atoms with Crippen molar-refractivity contribution in [1.82, 2.24) is 5.32 Å². The zero-order chi connectivity index (χ0) is 17.5. The Labute approximate surface area is 149 Å². The first kappa shape index (κ1) is 17.3. The van der Waals surface area contributed by atoms with Gasteiger partial charge in [0, 0.05) is 0 Å². The molecule has 132 valence electrons. The number of fused-ring (bicyclic) bond motifs is 1. The zero-order valence-electron chi connectivity index (χ0n) is 14.7. The number of hydrogen-bond donors (Lipinski definition) is 1. The van der Waals surface area contributed by atoms with Gasteiger partial charge in [-0.1, -0.05) is 36.4 Å². The lowest BCUT2D eigenvalue weighted by molar-refractivity contribution is -0.122. The topological polar surface area (TPSA) is 47.6 Å². The molecule has 0 heterocycles. The van der Waals surface area contributed by atoms with Crippen molar-refractivity contribution in [2.75, 3.05) is 13.2 Å². The number of carbonyl (C=O) groups is 1. The smallest absolute Gasteiger partial charge is 0.223 e. The Kier molecular flexibility index (Phi) is 5.94. The van der Waals surface area contributed by atoms with Crippen molar-refractivity contribution in [3.8, 4) is 11.5 Å². The fourth-order valence-electron chi connectivity index (χ4n) is 3.27. The number of para-hydroxylation sites is 2. The van der Waals surface area contributed by atoms with Crippen LogP contribution in [0.25, 0.3) is 0 Å². The van der Waals surface area contributed by atoms with Crippen molar-refractivity contribution in [2.24, 2.45) is 0 Å². The van der Waals surface area contributed by atoms with E-state index in [2.05, 4.69) is 23.5 Å². The Morgan fingerprint density at radius 2 is 1.80 bits per heavy atom. The van der Waals surface area contributed by atoms with Gasteiger partial charge in [-0.15, -0.1) is 0 Å². The van der Waals surface area contributed by atoms with Gasteiger partial charge in [-0.05, 0) is 49.4 Å². The molecule has 0 spiro atoms. The summed E-state index contributed by atoms with van der Waals surface area (Å²) in [5, 5.41) is 3.15. The van der Waals surface area contributed by atoms with Gasteiger partial charge >= 0.3 is 0 Å². The third kappa shape index (κ3) is 4.53. The summed E-state index contributed by atoms with van der Waals surface area (Å²) in [6.07, 6.45) is 3.54. The molecule has 1 amide bonds. The summed E-state index contributed by atoms with van der Waals surface area (Å²) >= 11 is 0. The van der Waals surface area contributed by atoms with Crippen LogP contribution in [0.15, 0.2) is 48.5 Å². The van der Waals surface area contributed by atoms with E-state index in [1.54, 1.807) is 0 Å². The van der Waals surface area contributed by atoms with E-state index in [4.69, 9.17) is 9.47 Å². The molecule has 0 aromatic heterocycles. The maximum Gasteiger partial charge on any atom is 0.223 e. The van der Waals surface area contributed by atoms with E-state index in [0.29, 0.717) is 31.1 Å². The molecule has 3 rings (SSSR count). The first-order valence-electron chi connectivity index (χ1n) is 8.99. The van der Waals surface area contributed by atoms with E-state index in [1.807, 2.05) is 37.3 Å². The molecule has 0 aliphatic heterocycles. The number of carbonyl (C=O) groups excluding carboxylic acids is 1. The predicted molar refractivity (Wildman–Crippen MR) is 98.0 cm³/mol. The molecule has 25 heavy (non-hydrogen) atoms. The minimum absolute atomic E-state index is 0.0237. The molecule has 1 N–H and O–H groups in total. The van der Waals surface area contributed by atoms with Crippen LogP contribution in [0.1, 0.15) is 43.4 Å². The third-order valence-electron chi connectivity index (χ3n) is 4.44. The largest absolute Gasteiger partial charge is 0.490 e. The maximum atomic E-state index is 12.3. The number of benzene rings is 2. The lowest BCUT2D eigenvalue weighted by Gasteiger charge is -2.26. The van der Waals surface area contributed by atoms with Crippen molar-refractivity contribution < 1.29 is 14.3 Å². The molecular formula is C21H25NO3. The van der Waals surface area contributed by atoms with Gasteiger partial charge in [0.2, 0.25) is 5.91 Å². The van der Waals surface area contributed by atoms with Crippen molar-refractivity contribution in [1.29, 1.82) is 0 Å². The average molecular weight is 339 g/mol. The highest BCUT2D eigenvalue weighted by Gasteiger charge is 2.21. The molecule has 0 saturated carbocycles. The van der Waals surface area contributed by atoms with Gasteiger partial charge in [-0.25, -0.2) is 0 Å². The van der Waals surface area contributed by atoms with Crippen LogP contribution in [0.2, 0.25) is 0 Å². The minimum Gasteiger partial charge on any atom is -0.490 e. The second-order valence-corrected chi connectivity index (χ2v) is 6.19. The van der Waals surface area contributed by atoms with E-state index >= 15 is 0 Å². The van der Waals surface area contributed by atoms with Gasteiger partial charge in [0.15, 0.2) is 11.5 Å². The van der Waals surface area contributed by atoms with Crippen molar-refractivity contribution >= 4 is 5.91 Å². The molecular weight excluding hydrogens is 314 g/mol. The van der Waals surface area contributed by atoms with E-state index in [9.17, 15) is 4.79 Å². The Hall–Kier alpha value is -2.49. The van der Waals surface area contributed by atoms with Crippen LogP contribution in [0.5, 0.6) is 11.5 Å². The fourth-order valence-corrected chi connectivity index (χ4v) is 3.27. The highest BCUT2D eigenvalue weighted by molar-refractivity contribution is 5.76. The molecule has 4 heteroatoms. The van der Waals surface area contributed by atoms with Crippen LogP contribution in [-0.2, 0) is 11.2 Å². The molecule has 0 fully saturated rings. The van der Waals surface area contributed by atoms with Gasteiger partial charge in [0.1, 0.15) is 0 Å². The molecule has 1 atom stereocenters. The molecule has 4 nitrogen and oxygen atoms in total. The zero-order valence-corrected chi connectivity index (χ0v) is 14.7. The molecule has 1 aliphatic carbocycles. The van der Waals surface area contributed by atoms with Crippen LogP contribution in [0.3, 0.4) is 0 Å². The minimum atomic E-state index is 0.0237. The second kappa shape index (κ2) is 8.56. The van der Waals surface area contributed by atoms with Gasteiger partial charge in [0.25, 0.3) is 0 Å². The van der Waals surface area contributed by atoms with E-state index in [0.717, 1.165) is 19.3 Å². The molecule has 0 radical (unpaired) electrons. The fraction of sp³-hybridized carbons (Fsp3) is 0.381. The normalized spacial score (nSPS) is 16.0. The highest BCUT2D eigenvalue weighted by Crippen LogP contribution is 2.29. The van der Waals surface area contributed by atoms with Gasteiger partial charge in [-0.3, -0.25) is 4.79 Å². The van der Waals surface area contributed by atoms with Crippen molar-refractivity contribution in [3.63, 3.8) is 0 Å². The lowest BCUT2D eigenvalue weighted by atomic mass is 9.88. The number of amides is 1. The molecule has 2 aromatic rings. The molecule has 0 unspecified atom stereocenters. The second-order valence-electron chi connectivity index (χ2n) is 6.19. The quantitative estimate of drug-likeness (QED) is 0.828. The van der Waals surface area contributed by atoms with Crippen LogP contribution in [-0.4, -0.2) is 19.1 Å². The van der Waals surface area contributed by atoms with E-state index in [1.165, 1.54) is 11.1 Å². The van der Waals surface area contributed by atoms with Crippen LogP contribution in [0.4, 0.5) is 0 Å². The Morgan fingerprint density at radius 1 is 1.08 bits per heavy atom. The Balaban J connectivity index is 1.51. The monoisotopic (exact) mass is 339 g/mol. The summed E-state index contributed by atoms with van der Waals surface area (Å²) in [5.74, 6) is 1.42. The maximum absolute atomic E-state index is 12.3. The number of hydrogen-bond acceptors (Lipinski definition) is 3. The third-order valence-corrected chi connectivity index (χ3v) is 4.44. The summed E-state index contributed by atoms with van der Waals surface area (Å²) in [7, 11) is 0. The SMILES string of the molecule is CCOc1ccccc1OCCC(=O)N[C@@H]1CCCc2ccccc21. The Morgan fingerprint density at radius 3 is 2.60 bits per heavy atom. The van der Waals surface area contributed by atoms with Crippen LogP contribution in [0, 0.1) is 0 Å². The summed E-state index contributed by atoms with van der Waals surface area (Å²) < 4.78 is 11.3.